The SMILES string of the molecule is CC(=O)O[C@H]1C[C@H](C)[C@H]2C[C@H]2C2=C(COC2=O)[C@H]1[C@@H](C)C/C=C/C(C)(C)O. The second kappa shape index (κ2) is 7.42. The van der Waals surface area contributed by atoms with E-state index in [4.69, 9.17) is 9.47 Å². The van der Waals surface area contributed by atoms with Crippen molar-refractivity contribution in [1.82, 2.24) is 0 Å². The predicted molar refractivity (Wildman–Crippen MR) is 102 cm³/mol. The van der Waals surface area contributed by atoms with E-state index in [2.05, 4.69) is 13.8 Å². The van der Waals surface area contributed by atoms with Crippen LogP contribution < -0.4 is 0 Å². The maximum absolute atomic E-state index is 12.4. The van der Waals surface area contributed by atoms with Gasteiger partial charge in [-0.3, -0.25) is 4.79 Å². The van der Waals surface area contributed by atoms with Crippen LogP contribution in [-0.2, 0) is 19.1 Å². The summed E-state index contributed by atoms with van der Waals surface area (Å²) in [4.78, 5) is 24.2. The van der Waals surface area contributed by atoms with Gasteiger partial charge in [0.15, 0.2) is 0 Å². The summed E-state index contributed by atoms with van der Waals surface area (Å²) < 4.78 is 11.2. The molecule has 3 rings (SSSR count). The van der Waals surface area contributed by atoms with Crippen LogP contribution in [0.1, 0.15) is 53.9 Å². The van der Waals surface area contributed by atoms with Crippen LogP contribution in [0.5, 0.6) is 0 Å². The molecular formula is C22H32O5. The van der Waals surface area contributed by atoms with E-state index in [1.165, 1.54) is 6.92 Å². The van der Waals surface area contributed by atoms with Crippen LogP contribution in [0.15, 0.2) is 23.3 Å². The Labute approximate surface area is 161 Å². The van der Waals surface area contributed by atoms with E-state index in [-0.39, 0.29) is 29.9 Å². The number of cyclic esters (lactones) is 1. The van der Waals surface area contributed by atoms with Crippen LogP contribution in [0, 0.1) is 29.6 Å². The number of hydrogen-bond acceptors (Lipinski definition) is 5. The smallest absolute Gasteiger partial charge is 0.334 e. The van der Waals surface area contributed by atoms with Crippen molar-refractivity contribution in [2.45, 2.75) is 65.6 Å². The molecule has 5 heteroatoms. The molecule has 27 heavy (non-hydrogen) atoms. The minimum Gasteiger partial charge on any atom is -0.462 e. The van der Waals surface area contributed by atoms with E-state index < -0.39 is 5.60 Å². The minimum atomic E-state index is -0.859. The Hall–Kier alpha value is -1.62. The molecule has 1 N–H and O–H groups in total. The van der Waals surface area contributed by atoms with Gasteiger partial charge >= 0.3 is 11.9 Å². The molecule has 3 aliphatic rings. The average Bonchev–Trinajstić information content (AvgIpc) is 3.21. The van der Waals surface area contributed by atoms with E-state index in [9.17, 15) is 14.7 Å². The number of aliphatic hydroxyl groups is 1. The van der Waals surface area contributed by atoms with Crippen molar-refractivity contribution in [2.75, 3.05) is 6.61 Å². The summed E-state index contributed by atoms with van der Waals surface area (Å²) in [6.45, 7) is 9.57. The van der Waals surface area contributed by atoms with Crippen molar-refractivity contribution in [3.8, 4) is 0 Å². The number of ether oxygens (including phenoxy) is 2. The first-order chi connectivity index (χ1) is 12.6. The first-order valence-electron chi connectivity index (χ1n) is 10.1. The van der Waals surface area contributed by atoms with Crippen LogP contribution in [0.4, 0.5) is 0 Å². The zero-order chi connectivity index (χ0) is 19.9. The van der Waals surface area contributed by atoms with Gasteiger partial charge in [0, 0.05) is 18.4 Å². The summed E-state index contributed by atoms with van der Waals surface area (Å²) in [5.41, 5.74) is 1.03. The second-order valence-corrected chi connectivity index (χ2v) is 9.18. The van der Waals surface area contributed by atoms with E-state index in [1.807, 2.05) is 6.08 Å². The maximum Gasteiger partial charge on any atom is 0.334 e. The molecular weight excluding hydrogens is 344 g/mol. The van der Waals surface area contributed by atoms with Gasteiger partial charge in [0.1, 0.15) is 12.7 Å². The lowest BCUT2D eigenvalue weighted by atomic mass is 9.74. The zero-order valence-electron chi connectivity index (χ0n) is 17.0. The maximum atomic E-state index is 12.4. The molecule has 150 valence electrons. The number of carbonyl (C=O) groups is 2. The number of allylic oxidation sites excluding steroid dienone is 1. The third-order valence-corrected chi connectivity index (χ3v) is 6.24. The first kappa shape index (κ1) is 20.1. The van der Waals surface area contributed by atoms with Crippen LogP contribution in [0.2, 0.25) is 0 Å². The van der Waals surface area contributed by atoms with Gasteiger partial charge in [0.2, 0.25) is 0 Å². The second-order valence-electron chi connectivity index (χ2n) is 9.18. The van der Waals surface area contributed by atoms with Crippen molar-refractivity contribution >= 4 is 11.9 Å². The third-order valence-electron chi connectivity index (χ3n) is 6.24. The van der Waals surface area contributed by atoms with Gasteiger partial charge < -0.3 is 14.6 Å². The fourth-order valence-electron chi connectivity index (χ4n) is 4.95. The molecule has 5 nitrogen and oxygen atoms in total. The van der Waals surface area contributed by atoms with Crippen LogP contribution >= 0.6 is 0 Å². The van der Waals surface area contributed by atoms with E-state index in [0.29, 0.717) is 24.4 Å². The number of rotatable bonds is 5. The summed E-state index contributed by atoms with van der Waals surface area (Å²) >= 11 is 0. The molecule has 0 bridgehead atoms. The highest BCUT2D eigenvalue weighted by atomic mass is 16.5. The highest BCUT2D eigenvalue weighted by Gasteiger charge is 2.53. The number of carbonyl (C=O) groups excluding carboxylic acids is 2. The predicted octanol–water partition coefficient (Wildman–Crippen LogP) is 3.42. The lowest BCUT2D eigenvalue weighted by Crippen LogP contribution is -2.36. The molecule has 1 aliphatic heterocycles. The van der Waals surface area contributed by atoms with Gasteiger partial charge in [0.25, 0.3) is 0 Å². The Morgan fingerprint density at radius 2 is 2.11 bits per heavy atom. The van der Waals surface area contributed by atoms with Gasteiger partial charge in [-0.2, -0.15) is 0 Å². The van der Waals surface area contributed by atoms with Gasteiger partial charge in [0.05, 0.1) is 5.60 Å². The third kappa shape index (κ3) is 4.45. The Balaban J connectivity index is 1.93. The molecule has 0 saturated heterocycles. The van der Waals surface area contributed by atoms with Crippen LogP contribution in [0.3, 0.4) is 0 Å². The molecule has 0 aromatic carbocycles. The van der Waals surface area contributed by atoms with Crippen molar-refractivity contribution in [3.63, 3.8) is 0 Å². The summed E-state index contributed by atoms with van der Waals surface area (Å²) in [6.07, 6.45) is 6.11. The Morgan fingerprint density at radius 3 is 2.74 bits per heavy atom. The van der Waals surface area contributed by atoms with Crippen LogP contribution in [0.25, 0.3) is 0 Å². The topological polar surface area (TPSA) is 72.8 Å². The van der Waals surface area contributed by atoms with Gasteiger partial charge in [-0.15, -0.1) is 0 Å². The summed E-state index contributed by atoms with van der Waals surface area (Å²) in [6, 6.07) is 0. The molecule has 1 fully saturated rings. The minimum absolute atomic E-state index is 0.0363. The molecule has 0 unspecified atom stereocenters. The highest BCUT2D eigenvalue weighted by Crippen LogP contribution is 2.56. The largest absolute Gasteiger partial charge is 0.462 e. The molecule has 6 atom stereocenters. The first-order valence-corrected chi connectivity index (χ1v) is 10.1. The number of hydrogen-bond donors (Lipinski definition) is 1. The molecule has 0 aromatic rings. The molecule has 1 saturated carbocycles. The number of fused-ring (bicyclic) bond motifs is 2. The van der Waals surface area contributed by atoms with E-state index >= 15 is 0 Å². The highest BCUT2D eigenvalue weighted by molar-refractivity contribution is 5.93. The summed E-state index contributed by atoms with van der Waals surface area (Å²) in [5, 5.41) is 9.92. The zero-order valence-corrected chi connectivity index (χ0v) is 17.0. The Kier molecular flexibility index (Phi) is 5.53. The Morgan fingerprint density at radius 1 is 1.41 bits per heavy atom. The van der Waals surface area contributed by atoms with E-state index in [0.717, 1.165) is 30.4 Å². The van der Waals surface area contributed by atoms with Gasteiger partial charge in [-0.25, -0.2) is 4.79 Å². The van der Waals surface area contributed by atoms with Crippen molar-refractivity contribution < 1.29 is 24.2 Å². The molecule has 2 aliphatic carbocycles. The fourth-order valence-corrected chi connectivity index (χ4v) is 4.95. The van der Waals surface area contributed by atoms with Gasteiger partial charge in [-0.05, 0) is 62.4 Å². The summed E-state index contributed by atoms with van der Waals surface area (Å²) in [5.74, 6) is 0.869. The fraction of sp³-hybridized carbons (Fsp3) is 0.727. The van der Waals surface area contributed by atoms with Crippen molar-refractivity contribution in [1.29, 1.82) is 0 Å². The lowest BCUT2D eigenvalue weighted by Gasteiger charge is -2.35. The van der Waals surface area contributed by atoms with Gasteiger partial charge in [-0.1, -0.05) is 26.0 Å². The monoisotopic (exact) mass is 376 g/mol. The standard InChI is InChI=1S/C22H32O5/c1-12(7-6-8-22(4,5)25)19-17-11-26-21(24)20(17)16-10-15(16)13(2)9-18(19)27-14(3)23/h6,8,12-13,15-16,18-19,25H,7,9-11H2,1-5H3/b8-6+/t12-,13-,15+,16+,18-,19+/m0/s1. The summed E-state index contributed by atoms with van der Waals surface area (Å²) in [7, 11) is 0. The average molecular weight is 376 g/mol. The quantitative estimate of drug-likeness (QED) is 0.588. The normalized spacial score (nSPS) is 34.4. The Bertz CT molecular complexity index is 669. The molecule has 0 spiro atoms. The molecule has 0 radical (unpaired) electrons. The number of esters is 2. The molecule has 1 heterocycles. The van der Waals surface area contributed by atoms with Crippen LogP contribution in [-0.4, -0.2) is 35.4 Å². The lowest BCUT2D eigenvalue weighted by molar-refractivity contribution is -0.150. The van der Waals surface area contributed by atoms with Crippen molar-refractivity contribution in [3.05, 3.63) is 23.3 Å². The van der Waals surface area contributed by atoms with Crippen molar-refractivity contribution in [2.24, 2.45) is 29.6 Å². The van der Waals surface area contributed by atoms with E-state index in [1.54, 1.807) is 19.9 Å². The molecule has 0 amide bonds. The molecule has 0 aromatic heterocycles.